The van der Waals surface area contributed by atoms with Gasteiger partial charge in [-0.1, -0.05) is 54.6 Å². The highest BCUT2D eigenvalue weighted by Gasteiger charge is 1.96. The molecule has 0 bridgehead atoms. The fraction of sp³-hybridized carbons (Fsp3) is 0.125. The van der Waals surface area contributed by atoms with Gasteiger partial charge in [-0.2, -0.15) is 0 Å². The molecule has 0 spiro atoms. The van der Waals surface area contributed by atoms with Crippen molar-refractivity contribution in [2.45, 2.75) is 13.1 Å². The summed E-state index contributed by atoms with van der Waals surface area (Å²) in [4.78, 5) is 0. The Labute approximate surface area is 110 Å². The molecule has 18 heavy (non-hydrogen) atoms. The maximum Gasteiger partial charge on any atom is 0.228 e. The van der Waals surface area contributed by atoms with Crippen LogP contribution in [-0.4, -0.2) is 9.04 Å². The van der Waals surface area contributed by atoms with Crippen molar-refractivity contribution in [3.05, 3.63) is 66.4 Å². The lowest BCUT2D eigenvalue weighted by Crippen LogP contribution is -2.00. The minimum Gasteiger partial charge on any atom is -0.552 e. The van der Waals surface area contributed by atoms with Gasteiger partial charge in [0.15, 0.2) is 0 Å². The standard InChI is InChI=1S/C16H18OSi/c1-18(2)17-13-12-14-8-10-16(11-9-14)15-6-4-3-5-7-15/h3-13,18H,1-2H3. The molecule has 0 radical (unpaired) electrons. The summed E-state index contributed by atoms with van der Waals surface area (Å²) in [6.07, 6.45) is 3.83. The van der Waals surface area contributed by atoms with Crippen LogP contribution in [-0.2, 0) is 4.43 Å². The van der Waals surface area contributed by atoms with E-state index in [0.717, 1.165) is 0 Å². The summed E-state index contributed by atoms with van der Waals surface area (Å²) >= 11 is 0. The lowest BCUT2D eigenvalue weighted by molar-refractivity contribution is 0.505. The molecule has 0 aliphatic carbocycles. The van der Waals surface area contributed by atoms with Crippen LogP contribution in [0.3, 0.4) is 0 Å². The fourth-order valence-corrected chi connectivity index (χ4v) is 2.09. The molecule has 2 aromatic rings. The lowest BCUT2D eigenvalue weighted by Gasteiger charge is -2.03. The van der Waals surface area contributed by atoms with E-state index in [1.165, 1.54) is 16.7 Å². The summed E-state index contributed by atoms with van der Waals surface area (Å²) in [5.74, 6) is 0. The number of rotatable bonds is 4. The van der Waals surface area contributed by atoms with Gasteiger partial charge < -0.3 is 4.43 Å². The minimum atomic E-state index is -0.957. The largest absolute Gasteiger partial charge is 0.552 e. The van der Waals surface area contributed by atoms with Gasteiger partial charge in [0.05, 0.1) is 6.26 Å². The van der Waals surface area contributed by atoms with E-state index in [4.69, 9.17) is 4.43 Å². The molecular weight excluding hydrogens is 236 g/mol. The molecule has 0 aliphatic heterocycles. The molecule has 2 heteroatoms. The zero-order chi connectivity index (χ0) is 12.8. The number of hydrogen-bond acceptors (Lipinski definition) is 1. The number of hydrogen-bond donors (Lipinski definition) is 0. The molecule has 0 N–H and O–H groups in total. The zero-order valence-electron chi connectivity index (χ0n) is 10.8. The van der Waals surface area contributed by atoms with Crippen molar-refractivity contribution in [3.8, 4) is 11.1 Å². The molecule has 0 aliphatic rings. The van der Waals surface area contributed by atoms with Crippen LogP contribution in [0.25, 0.3) is 17.2 Å². The highest BCUT2D eigenvalue weighted by Crippen LogP contribution is 2.19. The van der Waals surface area contributed by atoms with Gasteiger partial charge in [0.2, 0.25) is 9.04 Å². The second kappa shape index (κ2) is 6.22. The Kier molecular flexibility index (Phi) is 4.37. The molecule has 1 nitrogen and oxygen atoms in total. The molecule has 0 unspecified atom stereocenters. The second-order valence-electron chi connectivity index (χ2n) is 4.48. The highest BCUT2D eigenvalue weighted by atomic mass is 28.3. The van der Waals surface area contributed by atoms with Crippen molar-refractivity contribution in [3.63, 3.8) is 0 Å². The Balaban J connectivity index is 2.09. The van der Waals surface area contributed by atoms with Gasteiger partial charge in [0.25, 0.3) is 0 Å². The maximum atomic E-state index is 5.52. The SMILES string of the molecule is C[SiH](C)OC=Cc1ccc(-c2ccccc2)cc1. The van der Waals surface area contributed by atoms with E-state index in [1.54, 1.807) is 0 Å². The third-order valence-corrected chi connectivity index (χ3v) is 3.33. The third-order valence-electron chi connectivity index (χ3n) is 2.63. The highest BCUT2D eigenvalue weighted by molar-refractivity contribution is 6.48. The molecule has 2 aromatic carbocycles. The Morgan fingerprint density at radius 2 is 1.44 bits per heavy atom. The van der Waals surface area contributed by atoms with Crippen LogP contribution in [0.5, 0.6) is 0 Å². The molecule has 0 amide bonds. The third kappa shape index (κ3) is 3.60. The first-order valence-corrected chi connectivity index (χ1v) is 9.01. The Hall–Kier alpha value is -1.80. The molecular formula is C16H18OSi. The molecule has 0 atom stereocenters. The minimum absolute atomic E-state index is 0.957. The van der Waals surface area contributed by atoms with Crippen LogP contribution in [0.1, 0.15) is 5.56 Å². The maximum absolute atomic E-state index is 5.52. The quantitative estimate of drug-likeness (QED) is 0.583. The van der Waals surface area contributed by atoms with E-state index in [-0.39, 0.29) is 0 Å². The normalized spacial score (nSPS) is 11.1. The summed E-state index contributed by atoms with van der Waals surface area (Å²) in [6.45, 7) is 4.31. The van der Waals surface area contributed by atoms with Crippen LogP contribution in [0.15, 0.2) is 60.9 Å². The van der Waals surface area contributed by atoms with Crippen molar-refractivity contribution in [1.29, 1.82) is 0 Å². The van der Waals surface area contributed by atoms with E-state index >= 15 is 0 Å². The molecule has 0 saturated carbocycles. The first-order valence-electron chi connectivity index (χ1n) is 6.23. The zero-order valence-corrected chi connectivity index (χ0v) is 12.0. The van der Waals surface area contributed by atoms with Crippen LogP contribution < -0.4 is 0 Å². The van der Waals surface area contributed by atoms with Gasteiger partial charge in [-0.05, 0) is 35.9 Å². The van der Waals surface area contributed by atoms with Crippen molar-refractivity contribution < 1.29 is 4.43 Å². The molecule has 0 aromatic heterocycles. The predicted molar refractivity (Wildman–Crippen MR) is 80.9 cm³/mol. The Morgan fingerprint density at radius 3 is 2.06 bits per heavy atom. The number of benzene rings is 2. The van der Waals surface area contributed by atoms with Crippen LogP contribution in [0, 0.1) is 0 Å². The van der Waals surface area contributed by atoms with Gasteiger partial charge in [0.1, 0.15) is 0 Å². The van der Waals surface area contributed by atoms with Crippen molar-refractivity contribution >= 4 is 15.1 Å². The molecule has 2 rings (SSSR count). The van der Waals surface area contributed by atoms with E-state index in [9.17, 15) is 0 Å². The average molecular weight is 254 g/mol. The summed E-state index contributed by atoms with van der Waals surface area (Å²) in [5.41, 5.74) is 3.66. The summed E-state index contributed by atoms with van der Waals surface area (Å²) in [7, 11) is -0.957. The predicted octanol–water partition coefficient (Wildman–Crippen LogP) is 4.32. The first kappa shape index (κ1) is 12.6. The summed E-state index contributed by atoms with van der Waals surface area (Å²) in [5, 5.41) is 0. The second-order valence-corrected chi connectivity index (χ2v) is 6.85. The monoisotopic (exact) mass is 254 g/mol. The molecule has 0 saturated heterocycles. The molecule has 92 valence electrons. The van der Waals surface area contributed by atoms with Crippen molar-refractivity contribution in [1.82, 2.24) is 0 Å². The van der Waals surface area contributed by atoms with Crippen molar-refractivity contribution in [2.24, 2.45) is 0 Å². The van der Waals surface area contributed by atoms with E-state index in [2.05, 4.69) is 61.6 Å². The van der Waals surface area contributed by atoms with Gasteiger partial charge in [-0.15, -0.1) is 0 Å². The van der Waals surface area contributed by atoms with E-state index in [0.29, 0.717) is 0 Å². The van der Waals surface area contributed by atoms with Crippen molar-refractivity contribution in [2.75, 3.05) is 0 Å². The Bertz CT molecular complexity index is 500. The molecule has 0 heterocycles. The van der Waals surface area contributed by atoms with Gasteiger partial charge >= 0.3 is 0 Å². The smallest absolute Gasteiger partial charge is 0.228 e. The van der Waals surface area contributed by atoms with Gasteiger partial charge in [-0.25, -0.2) is 0 Å². The van der Waals surface area contributed by atoms with Crippen LogP contribution in [0.4, 0.5) is 0 Å². The first-order chi connectivity index (χ1) is 8.75. The lowest BCUT2D eigenvalue weighted by atomic mass is 10.0. The van der Waals surface area contributed by atoms with Crippen LogP contribution in [0.2, 0.25) is 13.1 Å². The van der Waals surface area contributed by atoms with E-state index in [1.807, 2.05) is 18.4 Å². The van der Waals surface area contributed by atoms with Gasteiger partial charge in [-0.3, -0.25) is 0 Å². The topological polar surface area (TPSA) is 9.23 Å². The summed E-state index contributed by atoms with van der Waals surface area (Å²) in [6, 6.07) is 18.9. The molecule has 0 fully saturated rings. The van der Waals surface area contributed by atoms with E-state index < -0.39 is 9.04 Å². The van der Waals surface area contributed by atoms with Gasteiger partial charge in [0, 0.05) is 0 Å². The fourth-order valence-electron chi connectivity index (χ4n) is 1.69. The average Bonchev–Trinajstić information content (AvgIpc) is 2.40. The summed E-state index contributed by atoms with van der Waals surface area (Å²) < 4.78 is 5.52. The Morgan fingerprint density at radius 1 is 0.833 bits per heavy atom. The van der Waals surface area contributed by atoms with Crippen LogP contribution >= 0.6 is 0 Å².